The highest BCUT2D eigenvalue weighted by Crippen LogP contribution is 2.48. The van der Waals surface area contributed by atoms with Gasteiger partial charge in [-0.2, -0.15) is 0 Å². The smallest absolute Gasteiger partial charge is 0.199 e. The van der Waals surface area contributed by atoms with Gasteiger partial charge < -0.3 is 20.6 Å². The summed E-state index contributed by atoms with van der Waals surface area (Å²) < 4.78 is 5.36. The molecule has 1 aliphatic carbocycles. The Kier molecular flexibility index (Phi) is 4.58. The Morgan fingerprint density at radius 3 is 2.90 bits per heavy atom. The fourth-order valence-corrected chi connectivity index (χ4v) is 3.48. The van der Waals surface area contributed by atoms with Crippen molar-refractivity contribution in [3.05, 3.63) is 53.3 Å². The fraction of sp³-hybridized carbons (Fsp3) is 0.333. The van der Waals surface area contributed by atoms with Gasteiger partial charge >= 0.3 is 0 Å². The van der Waals surface area contributed by atoms with Crippen LogP contribution in [0.4, 0.5) is 5.95 Å². The molecule has 4 rings (SSSR count). The summed E-state index contributed by atoms with van der Waals surface area (Å²) >= 11 is 0. The van der Waals surface area contributed by atoms with Gasteiger partial charge in [-0.25, -0.2) is 9.98 Å². The van der Waals surface area contributed by atoms with Crippen molar-refractivity contribution >= 4 is 22.7 Å². The van der Waals surface area contributed by atoms with Crippen molar-refractivity contribution in [2.75, 3.05) is 12.8 Å². The predicted octanol–water partition coefficient (Wildman–Crippen LogP) is 2.46. The molecule has 150 valence electrons. The Balaban J connectivity index is 1.66. The minimum absolute atomic E-state index is 0.00250. The van der Waals surface area contributed by atoms with Gasteiger partial charge in [-0.15, -0.1) is 0 Å². The lowest BCUT2D eigenvalue weighted by atomic mass is 9.97. The van der Waals surface area contributed by atoms with Gasteiger partial charge in [0, 0.05) is 29.3 Å². The highest BCUT2D eigenvalue weighted by Gasteiger charge is 2.42. The zero-order chi connectivity index (χ0) is 20.8. The van der Waals surface area contributed by atoms with Crippen LogP contribution in [-0.4, -0.2) is 33.0 Å². The number of para-hydroxylation sites is 1. The number of fused-ring (bicyclic) bond motifs is 1. The van der Waals surface area contributed by atoms with E-state index in [1.54, 1.807) is 33.4 Å². The van der Waals surface area contributed by atoms with Crippen LogP contribution in [0.25, 0.3) is 10.9 Å². The summed E-state index contributed by atoms with van der Waals surface area (Å²) in [6.45, 7) is 3.47. The van der Waals surface area contributed by atoms with E-state index in [1.165, 1.54) is 0 Å². The molecule has 8 heteroatoms. The zero-order valence-electron chi connectivity index (χ0n) is 16.6. The van der Waals surface area contributed by atoms with Crippen LogP contribution < -0.4 is 16.0 Å². The summed E-state index contributed by atoms with van der Waals surface area (Å²) in [4.78, 5) is 16.0. The second-order valence-electron chi connectivity index (χ2n) is 7.84. The van der Waals surface area contributed by atoms with Crippen LogP contribution in [0.15, 0.2) is 41.7 Å². The molecular formula is C21H24N6O2. The summed E-state index contributed by atoms with van der Waals surface area (Å²) in [5, 5.41) is 19.5. The second kappa shape index (κ2) is 6.97. The number of anilines is 1. The highest BCUT2D eigenvalue weighted by atomic mass is 16.5. The van der Waals surface area contributed by atoms with Gasteiger partial charge in [0.1, 0.15) is 22.6 Å². The Morgan fingerprint density at radius 1 is 1.38 bits per heavy atom. The van der Waals surface area contributed by atoms with Gasteiger partial charge in [-0.05, 0) is 49.9 Å². The second-order valence-corrected chi connectivity index (χ2v) is 7.84. The van der Waals surface area contributed by atoms with Crippen LogP contribution in [0.5, 0.6) is 5.75 Å². The van der Waals surface area contributed by atoms with Crippen LogP contribution in [0.1, 0.15) is 37.3 Å². The lowest BCUT2D eigenvalue weighted by molar-refractivity contribution is 0.0781. The number of hydrogen-bond acceptors (Lipinski definition) is 6. The predicted molar refractivity (Wildman–Crippen MR) is 111 cm³/mol. The topological polar surface area (TPSA) is 133 Å². The van der Waals surface area contributed by atoms with Gasteiger partial charge in [-0.3, -0.25) is 10.4 Å². The number of nitrogens with one attached hydrogen (secondary N) is 2. The SMILES string of the molecule is COc1cccc2/c(=N/C(=N)C3CC3c3cncc(C(C)(C)O)c3)[nH]c(N)nc12. The van der Waals surface area contributed by atoms with E-state index in [4.69, 9.17) is 15.9 Å². The summed E-state index contributed by atoms with van der Waals surface area (Å²) in [7, 11) is 1.58. The minimum Gasteiger partial charge on any atom is -0.494 e. The number of nitrogens with zero attached hydrogens (tertiary/aromatic N) is 3. The summed E-state index contributed by atoms with van der Waals surface area (Å²) in [5.41, 5.74) is 7.83. The van der Waals surface area contributed by atoms with Gasteiger partial charge in [0.05, 0.1) is 12.7 Å². The number of aromatic amines is 1. The number of amidine groups is 1. The Hall–Kier alpha value is -3.26. The molecule has 0 spiro atoms. The molecule has 2 heterocycles. The molecule has 0 bridgehead atoms. The molecule has 1 aliphatic rings. The minimum atomic E-state index is -0.952. The zero-order valence-corrected chi connectivity index (χ0v) is 16.6. The molecule has 3 aromatic rings. The Bertz CT molecular complexity index is 1160. The maximum atomic E-state index is 10.2. The van der Waals surface area contributed by atoms with E-state index < -0.39 is 5.60 Å². The highest BCUT2D eigenvalue weighted by molar-refractivity contribution is 5.89. The van der Waals surface area contributed by atoms with Gasteiger partial charge in [0.15, 0.2) is 5.95 Å². The van der Waals surface area contributed by atoms with Crippen molar-refractivity contribution < 1.29 is 9.84 Å². The molecule has 0 amide bonds. The normalized spacial score (nSPS) is 19.4. The number of ether oxygens (including phenoxy) is 1. The Labute approximate surface area is 168 Å². The summed E-state index contributed by atoms with van der Waals surface area (Å²) in [6.07, 6.45) is 4.29. The molecule has 29 heavy (non-hydrogen) atoms. The summed E-state index contributed by atoms with van der Waals surface area (Å²) in [6, 6.07) is 7.49. The largest absolute Gasteiger partial charge is 0.494 e. The third kappa shape index (κ3) is 3.71. The molecule has 0 saturated heterocycles. The third-order valence-corrected chi connectivity index (χ3v) is 5.22. The molecular weight excluding hydrogens is 368 g/mol. The maximum Gasteiger partial charge on any atom is 0.199 e. The van der Waals surface area contributed by atoms with Gasteiger partial charge in [0.2, 0.25) is 0 Å². The number of H-pyrrole nitrogens is 1. The first kappa shape index (κ1) is 19.1. The molecule has 2 unspecified atom stereocenters. The molecule has 2 aromatic heterocycles. The lowest BCUT2D eigenvalue weighted by Gasteiger charge is -2.17. The number of aliphatic hydroxyl groups is 1. The monoisotopic (exact) mass is 392 g/mol. The number of nitrogens with two attached hydrogens (primary N) is 1. The number of aromatic nitrogens is 3. The fourth-order valence-electron chi connectivity index (χ4n) is 3.48. The van der Waals surface area contributed by atoms with E-state index in [-0.39, 0.29) is 23.6 Å². The van der Waals surface area contributed by atoms with Crippen molar-refractivity contribution in [2.24, 2.45) is 10.9 Å². The number of rotatable bonds is 4. The molecule has 5 N–H and O–H groups in total. The van der Waals surface area contributed by atoms with E-state index in [1.807, 2.05) is 24.3 Å². The van der Waals surface area contributed by atoms with Crippen LogP contribution in [0.3, 0.4) is 0 Å². The average molecular weight is 392 g/mol. The van der Waals surface area contributed by atoms with Gasteiger partial charge in [-0.1, -0.05) is 6.07 Å². The molecule has 0 aliphatic heterocycles. The Morgan fingerprint density at radius 2 is 2.17 bits per heavy atom. The van der Waals surface area contributed by atoms with Crippen LogP contribution in [-0.2, 0) is 5.60 Å². The first-order valence-electron chi connectivity index (χ1n) is 9.41. The van der Waals surface area contributed by atoms with E-state index in [9.17, 15) is 5.11 Å². The van der Waals surface area contributed by atoms with Gasteiger partial charge in [0.25, 0.3) is 0 Å². The van der Waals surface area contributed by atoms with Crippen LogP contribution >= 0.6 is 0 Å². The van der Waals surface area contributed by atoms with E-state index in [2.05, 4.69) is 19.9 Å². The van der Waals surface area contributed by atoms with E-state index >= 15 is 0 Å². The molecule has 0 radical (unpaired) electrons. The van der Waals surface area contributed by atoms with E-state index in [0.717, 1.165) is 22.9 Å². The quantitative estimate of drug-likeness (QED) is 0.400. The van der Waals surface area contributed by atoms with Crippen LogP contribution in [0.2, 0.25) is 0 Å². The maximum absolute atomic E-state index is 10.2. The first-order chi connectivity index (χ1) is 13.8. The molecule has 1 saturated carbocycles. The number of nitrogen functional groups attached to an aromatic ring is 1. The van der Waals surface area contributed by atoms with Crippen molar-refractivity contribution in [1.82, 2.24) is 15.0 Å². The lowest BCUT2D eigenvalue weighted by Crippen LogP contribution is -2.17. The first-order valence-corrected chi connectivity index (χ1v) is 9.41. The van der Waals surface area contributed by atoms with Crippen molar-refractivity contribution in [2.45, 2.75) is 31.8 Å². The summed E-state index contributed by atoms with van der Waals surface area (Å²) in [5.74, 6) is 1.25. The average Bonchev–Trinajstić information content (AvgIpc) is 3.48. The molecule has 1 aromatic carbocycles. The standard InChI is InChI=1S/C21H24N6O2/c1-21(2,28)12-7-11(9-24-10-12)14-8-15(14)18(22)26-19-13-5-4-6-16(29-3)17(13)25-20(23)27-19/h4-7,9-10,14-15,28H,8H2,1-3H3,(H4,22,23,25,26,27). The van der Waals surface area contributed by atoms with Crippen molar-refractivity contribution in [3.8, 4) is 5.75 Å². The number of pyridine rings is 1. The van der Waals surface area contributed by atoms with E-state index in [0.29, 0.717) is 16.8 Å². The number of methoxy groups -OCH3 is 1. The molecule has 2 atom stereocenters. The van der Waals surface area contributed by atoms with Crippen LogP contribution in [0, 0.1) is 11.3 Å². The number of benzene rings is 1. The van der Waals surface area contributed by atoms with Crippen molar-refractivity contribution in [3.63, 3.8) is 0 Å². The van der Waals surface area contributed by atoms with Crippen molar-refractivity contribution in [1.29, 1.82) is 5.41 Å². The number of hydrogen-bond donors (Lipinski definition) is 4. The molecule has 1 fully saturated rings. The molecule has 8 nitrogen and oxygen atoms in total. The third-order valence-electron chi connectivity index (χ3n) is 5.22.